The van der Waals surface area contributed by atoms with Gasteiger partial charge >= 0.3 is 11.9 Å². The van der Waals surface area contributed by atoms with Gasteiger partial charge in [0, 0.05) is 47.8 Å². The molecule has 3 aliphatic rings. The highest BCUT2D eigenvalue weighted by Crippen LogP contribution is 2.40. The van der Waals surface area contributed by atoms with Gasteiger partial charge < -0.3 is 35.2 Å². The number of nitrogens with two attached hydrogens (primary N) is 1. The van der Waals surface area contributed by atoms with Crippen LogP contribution in [-0.2, 0) is 30.5 Å². The number of rotatable bonds is 10. The molecule has 4 N–H and O–H groups in total. The molecule has 2 aromatic heterocycles. The number of ether oxygens (including phenoxy) is 1. The van der Waals surface area contributed by atoms with Gasteiger partial charge in [0.05, 0.1) is 11.2 Å². The van der Waals surface area contributed by atoms with Crippen molar-refractivity contribution in [2.75, 3.05) is 43.2 Å². The van der Waals surface area contributed by atoms with E-state index >= 15 is 0 Å². The fraction of sp³-hybridized carbons (Fsp3) is 0.367. The molecule has 0 aliphatic carbocycles. The van der Waals surface area contributed by atoms with Crippen LogP contribution in [0.2, 0.25) is 0 Å². The molecule has 1 aromatic carbocycles. The molecule has 2 atom stereocenters. The molecule has 2 amide bonds. The highest BCUT2D eigenvalue weighted by Gasteiger charge is 2.54. The van der Waals surface area contributed by atoms with E-state index in [1.165, 1.54) is 30.3 Å². The molecule has 0 spiro atoms. The zero-order valence-electron chi connectivity index (χ0n) is 25.7. The lowest BCUT2D eigenvalue weighted by atomic mass is 10.0. The van der Waals surface area contributed by atoms with Gasteiger partial charge in [-0.05, 0) is 31.9 Å². The Morgan fingerprint density at radius 1 is 1.21 bits per heavy atom. The molecule has 2 fully saturated rings. The van der Waals surface area contributed by atoms with Crippen molar-refractivity contribution < 1.29 is 38.2 Å². The number of carboxylic acid groups (broad SMARTS) is 1. The summed E-state index contributed by atoms with van der Waals surface area (Å²) in [5.74, 6) is -4.22. The van der Waals surface area contributed by atoms with Gasteiger partial charge in [-0.25, -0.2) is 19.0 Å². The second-order valence-electron chi connectivity index (χ2n) is 11.0. The lowest BCUT2D eigenvalue weighted by molar-refractivity contribution is -0.150. The van der Waals surface area contributed by atoms with Crippen molar-refractivity contribution in [2.24, 2.45) is 5.16 Å². The van der Waals surface area contributed by atoms with E-state index in [2.05, 4.69) is 15.5 Å². The summed E-state index contributed by atoms with van der Waals surface area (Å²) >= 11 is 2.26. The molecule has 15 nitrogen and oxygen atoms in total. The third-order valence-corrected chi connectivity index (χ3v) is 10.2. The molecule has 0 radical (unpaired) electrons. The molecule has 48 heavy (non-hydrogen) atoms. The minimum atomic E-state index is -1.42. The highest BCUT2D eigenvalue weighted by molar-refractivity contribution is 8.00. The Hall–Kier alpha value is -4.97. The standard InChI is InChI=1S/C30H30FN7O8S2/c1-3-37-18-9-19(36-6-4-5-7-36)16(31)8-15(18)21(39)10-20(37)29(44)46-11-14-12-47-27-23(26(41)38(27)24(14)28(42)43)34-25(40)22(35-45-2)17-13-48-30(32)33-17/h8-10,13,23,27H,3-7,11-12H2,1-2H3,(H2,32,33)(H,34,40)(H,42,43)/t23-,27-/m1/s1. The number of nitrogens with one attached hydrogen (secondary N) is 1. The van der Waals surface area contributed by atoms with Crippen LogP contribution in [0.3, 0.4) is 0 Å². The van der Waals surface area contributed by atoms with Gasteiger partial charge in [0.2, 0.25) is 0 Å². The summed E-state index contributed by atoms with van der Waals surface area (Å²) in [5, 5.41) is 17.4. The summed E-state index contributed by atoms with van der Waals surface area (Å²) in [6, 6.07) is 2.76. The predicted octanol–water partition coefficient (Wildman–Crippen LogP) is 1.75. The first-order valence-corrected chi connectivity index (χ1v) is 16.8. The van der Waals surface area contributed by atoms with Crippen LogP contribution in [0.5, 0.6) is 0 Å². The number of esters is 1. The molecule has 252 valence electrons. The van der Waals surface area contributed by atoms with Gasteiger partial charge in [0.1, 0.15) is 48.0 Å². The number of anilines is 2. The topological polar surface area (TPSA) is 199 Å². The first-order valence-electron chi connectivity index (χ1n) is 14.9. The number of benzene rings is 1. The number of hydrogen-bond acceptors (Lipinski definition) is 13. The van der Waals surface area contributed by atoms with Crippen LogP contribution in [0, 0.1) is 5.82 Å². The van der Waals surface area contributed by atoms with Gasteiger partial charge in [-0.2, -0.15) is 0 Å². The molecular weight excluding hydrogens is 670 g/mol. The lowest BCUT2D eigenvalue weighted by Gasteiger charge is -2.49. The smallest absolute Gasteiger partial charge is 0.355 e. The Labute approximate surface area is 280 Å². The number of nitrogens with zero attached hydrogens (tertiary/aromatic N) is 5. The highest BCUT2D eigenvalue weighted by atomic mass is 32.2. The van der Waals surface area contributed by atoms with Crippen LogP contribution in [0.15, 0.2) is 44.8 Å². The number of fused-ring (bicyclic) bond motifs is 2. The Morgan fingerprint density at radius 2 is 1.96 bits per heavy atom. The van der Waals surface area contributed by atoms with E-state index in [0.29, 0.717) is 24.3 Å². The fourth-order valence-corrected chi connectivity index (χ4v) is 7.89. The number of oxime groups is 1. The number of carbonyl (C=O) groups is 4. The maximum atomic E-state index is 15.0. The Bertz CT molecular complexity index is 1970. The average Bonchev–Trinajstić information content (AvgIpc) is 3.76. The lowest BCUT2D eigenvalue weighted by Crippen LogP contribution is -2.71. The monoisotopic (exact) mass is 699 g/mol. The number of carbonyl (C=O) groups excluding carboxylic acids is 3. The van der Waals surface area contributed by atoms with Crippen LogP contribution < -0.4 is 21.4 Å². The predicted molar refractivity (Wildman–Crippen MR) is 175 cm³/mol. The van der Waals surface area contributed by atoms with E-state index < -0.39 is 53.0 Å². The van der Waals surface area contributed by atoms with Crippen LogP contribution in [0.1, 0.15) is 35.9 Å². The number of thiazole rings is 1. The van der Waals surface area contributed by atoms with Gasteiger partial charge in [0.15, 0.2) is 16.3 Å². The van der Waals surface area contributed by atoms with E-state index in [1.54, 1.807) is 17.6 Å². The van der Waals surface area contributed by atoms with Gasteiger partial charge in [0.25, 0.3) is 11.8 Å². The van der Waals surface area contributed by atoms with Crippen molar-refractivity contribution in [3.63, 3.8) is 0 Å². The normalized spacial score (nSPS) is 19.3. The first kappa shape index (κ1) is 33.0. The average molecular weight is 700 g/mol. The van der Waals surface area contributed by atoms with Gasteiger partial charge in [-0.3, -0.25) is 19.3 Å². The van der Waals surface area contributed by atoms with Crippen molar-refractivity contribution >= 4 is 74.3 Å². The third kappa shape index (κ3) is 5.85. The Morgan fingerprint density at radius 3 is 2.60 bits per heavy atom. The van der Waals surface area contributed by atoms with Crippen LogP contribution in [0.4, 0.5) is 15.2 Å². The minimum Gasteiger partial charge on any atom is -0.477 e. The van der Waals surface area contributed by atoms with E-state index in [0.717, 1.165) is 35.1 Å². The molecule has 18 heteroatoms. The number of aryl methyl sites for hydroxylation is 1. The largest absolute Gasteiger partial charge is 0.477 e. The summed E-state index contributed by atoms with van der Waals surface area (Å²) in [7, 11) is 1.24. The molecule has 0 unspecified atom stereocenters. The summed E-state index contributed by atoms with van der Waals surface area (Å²) in [6.45, 7) is 2.91. The molecule has 3 aliphatic heterocycles. The van der Waals surface area contributed by atoms with E-state index in [-0.39, 0.29) is 51.2 Å². The third-order valence-electron chi connectivity index (χ3n) is 8.23. The number of carboxylic acids is 1. The molecule has 6 rings (SSSR count). The summed E-state index contributed by atoms with van der Waals surface area (Å²) in [6.07, 6.45) is 1.84. The first-order chi connectivity index (χ1) is 23.0. The van der Waals surface area contributed by atoms with Gasteiger partial charge in [-0.15, -0.1) is 23.1 Å². The number of aliphatic carboxylic acids is 1. The summed E-state index contributed by atoms with van der Waals surface area (Å²) in [5.41, 5.74) is 5.46. The Balaban J connectivity index is 1.21. The maximum Gasteiger partial charge on any atom is 0.355 e. The molecule has 2 saturated heterocycles. The van der Waals surface area contributed by atoms with E-state index in [1.807, 2.05) is 4.90 Å². The number of aromatic nitrogens is 2. The van der Waals surface area contributed by atoms with Crippen molar-refractivity contribution in [1.29, 1.82) is 0 Å². The van der Waals surface area contributed by atoms with Crippen molar-refractivity contribution in [2.45, 2.75) is 37.7 Å². The van der Waals surface area contributed by atoms with Crippen molar-refractivity contribution in [3.05, 3.63) is 62.3 Å². The number of amides is 2. The molecule has 5 heterocycles. The number of hydrogen-bond donors (Lipinski definition) is 3. The Kier molecular flexibility index (Phi) is 9.11. The number of nitrogen functional groups attached to an aromatic ring is 1. The van der Waals surface area contributed by atoms with Crippen LogP contribution in [0.25, 0.3) is 10.9 Å². The number of pyridine rings is 1. The number of β-lactam (4-membered cyclic amide) rings is 1. The van der Waals surface area contributed by atoms with E-state index in [9.17, 15) is 33.5 Å². The molecule has 0 saturated carbocycles. The zero-order chi connectivity index (χ0) is 34.3. The van der Waals surface area contributed by atoms with E-state index in [4.69, 9.17) is 15.3 Å². The number of thioether (sulfide) groups is 1. The molecule has 3 aromatic rings. The van der Waals surface area contributed by atoms with Gasteiger partial charge in [-0.1, -0.05) is 5.16 Å². The molecular formula is C30H30FN7O8S2. The summed E-state index contributed by atoms with van der Waals surface area (Å²) in [4.78, 5) is 76.6. The van der Waals surface area contributed by atoms with Crippen LogP contribution >= 0.6 is 23.1 Å². The second-order valence-corrected chi connectivity index (χ2v) is 13.0. The maximum absolute atomic E-state index is 15.0. The van der Waals surface area contributed by atoms with Crippen LogP contribution in [-0.4, -0.2) is 93.0 Å². The minimum absolute atomic E-state index is 0.0636. The SMILES string of the molecule is CCn1c(C(=O)OCC2=C(C(=O)O)N3C(=O)[C@@H](NC(=O)C(=NOC)c4csc(N)n4)[C@H]3SC2)cc(=O)c2cc(F)c(N3CCCC3)cc21. The second kappa shape index (κ2) is 13.3. The zero-order valence-corrected chi connectivity index (χ0v) is 27.4. The fourth-order valence-electron chi connectivity index (χ4n) is 6.01. The summed E-state index contributed by atoms with van der Waals surface area (Å²) < 4.78 is 22.1. The van der Waals surface area contributed by atoms with Crippen molar-refractivity contribution in [3.8, 4) is 0 Å². The molecule has 0 bridgehead atoms. The quantitative estimate of drug-likeness (QED) is 0.120. The number of halogens is 1. The van der Waals surface area contributed by atoms with Crippen molar-refractivity contribution in [1.82, 2.24) is 19.8 Å².